The van der Waals surface area contributed by atoms with Gasteiger partial charge in [-0.25, -0.2) is 4.79 Å². The average molecular weight is 455 g/mol. The van der Waals surface area contributed by atoms with Crippen molar-refractivity contribution in [3.63, 3.8) is 0 Å². The van der Waals surface area contributed by atoms with Crippen LogP contribution in [-0.2, 0) is 6.54 Å². The van der Waals surface area contributed by atoms with Crippen LogP contribution >= 0.6 is 0 Å². The Bertz CT molecular complexity index is 1460. The van der Waals surface area contributed by atoms with Gasteiger partial charge in [0.25, 0.3) is 5.56 Å². The van der Waals surface area contributed by atoms with Crippen LogP contribution in [0.4, 0.5) is 0 Å². The van der Waals surface area contributed by atoms with E-state index in [4.69, 9.17) is 9.15 Å². The molecule has 2 aromatic carbocycles. The normalized spacial score (nSPS) is 19.6. The average Bonchev–Trinajstić information content (AvgIpc) is 2.85. The van der Waals surface area contributed by atoms with Gasteiger partial charge in [-0.1, -0.05) is 36.4 Å². The monoisotopic (exact) mass is 454 g/mol. The number of fused-ring (bicyclic) bond motifs is 5. The van der Waals surface area contributed by atoms with Crippen LogP contribution in [-0.4, -0.2) is 35.7 Å². The Labute approximate surface area is 197 Å². The summed E-state index contributed by atoms with van der Waals surface area (Å²) in [6.07, 6.45) is 1.15. The number of benzene rings is 2. The second-order valence-electron chi connectivity index (χ2n) is 9.32. The molecule has 0 radical (unpaired) electrons. The SMILES string of the molecule is O=c1oc2cc(OCCN3C[C@@H]4C[C@@H](C3)c3cccc(=O)n3C4)ccc2cc1-c1ccccc1. The molecule has 2 aliphatic heterocycles. The van der Waals surface area contributed by atoms with Gasteiger partial charge in [0, 0.05) is 55.3 Å². The number of piperidine rings is 1. The fraction of sp³-hybridized carbons (Fsp3) is 0.286. The molecule has 2 atom stereocenters. The number of hydrogen-bond acceptors (Lipinski definition) is 5. The van der Waals surface area contributed by atoms with Crippen molar-refractivity contribution >= 4 is 11.0 Å². The Morgan fingerprint density at radius 2 is 1.79 bits per heavy atom. The van der Waals surface area contributed by atoms with Crippen molar-refractivity contribution in [1.82, 2.24) is 9.47 Å². The van der Waals surface area contributed by atoms with Crippen molar-refractivity contribution in [2.75, 3.05) is 26.2 Å². The molecular formula is C28H26N2O4. The number of rotatable bonds is 5. The van der Waals surface area contributed by atoms with E-state index < -0.39 is 0 Å². The molecule has 4 aromatic rings. The molecule has 172 valence electrons. The van der Waals surface area contributed by atoms with Crippen LogP contribution in [0.1, 0.15) is 18.0 Å². The molecule has 1 fully saturated rings. The third kappa shape index (κ3) is 3.94. The van der Waals surface area contributed by atoms with E-state index in [2.05, 4.69) is 11.0 Å². The van der Waals surface area contributed by atoms with E-state index in [1.54, 1.807) is 12.1 Å². The molecule has 2 aliphatic rings. The topological polar surface area (TPSA) is 64.7 Å². The summed E-state index contributed by atoms with van der Waals surface area (Å²) in [5.41, 5.74) is 2.85. The maximum absolute atomic E-state index is 12.5. The summed E-state index contributed by atoms with van der Waals surface area (Å²) < 4.78 is 13.6. The quantitative estimate of drug-likeness (QED) is 0.425. The minimum absolute atomic E-state index is 0.114. The first-order valence-electron chi connectivity index (χ1n) is 11.8. The molecule has 0 unspecified atom stereocenters. The molecule has 2 bridgehead atoms. The first-order valence-corrected chi connectivity index (χ1v) is 11.8. The van der Waals surface area contributed by atoms with Crippen LogP contribution in [0, 0.1) is 5.92 Å². The summed E-state index contributed by atoms with van der Waals surface area (Å²) in [6.45, 7) is 4.10. The van der Waals surface area contributed by atoms with Crippen molar-refractivity contribution < 1.29 is 9.15 Å². The molecule has 0 spiro atoms. The molecule has 0 aliphatic carbocycles. The molecule has 2 aromatic heterocycles. The van der Waals surface area contributed by atoms with Gasteiger partial charge in [0.2, 0.25) is 0 Å². The largest absolute Gasteiger partial charge is 0.492 e. The smallest absolute Gasteiger partial charge is 0.344 e. The highest BCUT2D eigenvalue weighted by atomic mass is 16.5. The summed E-state index contributed by atoms with van der Waals surface area (Å²) in [4.78, 5) is 27.2. The lowest BCUT2D eigenvalue weighted by atomic mass is 9.83. The number of hydrogen-bond donors (Lipinski definition) is 0. The maximum atomic E-state index is 12.5. The second kappa shape index (κ2) is 8.61. The number of pyridine rings is 1. The highest BCUT2D eigenvalue weighted by Crippen LogP contribution is 2.34. The summed E-state index contributed by atoms with van der Waals surface area (Å²) in [6, 6.07) is 22.7. The summed E-state index contributed by atoms with van der Waals surface area (Å²) in [5, 5.41) is 0.864. The highest BCUT2D eigenvalue weighted by Gasteiger charge is 2.34. The molecular weight excluding hydrogens is 428 g/mol. The zero-order chi connectivity index (χ0) is 23.1. The first-order chi connectivity index (χ1) is 16.6. The minimum atomic E-state index is -0.352. The van der Waals surface area contributed by atoms with Gasteiger partial charge in [-0.15, -0.1) is 0 Å². The van der Waals surface area contributed by atoms with Crippen LogP contribution in [0.2, 0.25) is 0 Å². The number of ether oxygens (including phenoxy) is 1. The Hall–Kier alpha value is -3.64. The number of nitrogens with zero attached hydrogens (tertiary/aromatic N) is 2. The Morgan fingerprint density at radius 1 is 0.912 bits per heavy atom. The molecule has 4 heterocycles. The summed E-state index contributed by atoms with van der Waals surface area (Å²) >= 11 is 0. The minimum Gasteiger partial charge on any atom is -0.492 e. The Morgan fingerprint density at radius 3 is 2.68 bits per heavy atom. The predicted molar refractivity (Wildman–Crippen MR) is 131 cm³/mol. The Balaban J connectivity index is 1.12. The van der Waals surface area contributed by atoms with Crippen LogP contribution in [0.25, 0.3) is 22.1 Å². The van der Waals surface area contributed by atoms with Gasteiger partial charge in [0.05, 0.1) is 5.56 Å². The molecule has 6 rings (SSSR count). The van der Waals surface area contributed by atoms with Gasteiger partial charge in [0.15, 0.2) is 0 Å². The van der Waals surface area contributed by atoms with Gasteiger partial charge in [-0.2, -0.15) is 0 Å². The van der Waals surface area contributed by atoms with Crippen molar-refractivity contribution in [1.29, 1.82) is 0 Å². The standard InChI is InChI=1S/C28H26N2O4/c31-27-8-4-7-25-22-13-19(17-30(25)27)16-29(18-22)11-12-33-23-10-9-21-14-24(20-5-2-1-3-6-20)28(32)34-26(21)15-23/h1-10,14-15,19,22H,11-13,16-18H2/t19-,22-/m0/s1. The zero-order valence-electron chi connectivity index (χ0n) is 18.9. The van der Waals surface area contributed by atoms with E-state index in [-0.39, 0.29) is 11.2 Å². The van der Waals surface area contributed by atoms with Gasteiger partial charge in [-0.3, -0.25) is 9.69 Å². The lowest BCUT2D eigenvalue weighted by Gasteiger charge is -2.42. The van der Waals surface area contributed by atoms with E-state index in [0.717, 1.165) is 49.2 Å². The third-order valence-electron chi connectivity index (χ3n) is 7.02. The molecule has 0 N–H and O–H groups in total. The first kappa shape index (κ1) is 20.9. The van der Waals surface area contributed by atoms with E-state index in [0.29, 0.717) is 35.3 Å². The molecule has 34 heavy (non-hydrogen) atoms. The molecule has 1 saturated heterocycles. The van der Waals surface area contributed by atoms with Crippen molar-refractivity contribution in [3.05, 3.63) is 99.3 Å². The van der Waals surface area contributed by atoms with Crippen molar-refractivity contribution in [2.45, 2.75) is 18.9 Å². The van der Waals surface area contributed by atoms with E-state index in [9.17, 15) is 9.59 Å². The van der Waals surface area contributed by atoms with Gasteiger partial charge >= 0.3 is 5.63 Å². The van der Waals surface area contributed by atoms with Crippen LogP contribution in [0.3, 0.4) is 0 Å². The lowest BCUT2D eigenvalue weighted by molar-refractivity contribution is 0.104. The van der Waals surface area contributed by atoms with Crippen molar-refractivity contribution in [2.24, 2.45) is 5.92 Å². The fourth-order valence-electron chi connectivity index (χ4n) is 5.47. The fourth-order valence-corrected chi connectivity index (χ4v) is 5.47. The zero-order valence-corrected chi connectivity index (χ0v) is 18.9. The predicted octanol–water partition coefficient (Wildman–Crippen LogP) is 4.12. The number of aromatic nitrogens is 1. The molecule has 6 nitrogen and oxygen atoms in total. The third-order valence-corrected chi connectivity index (χ3v) is 7.02. The molecule has 6 heteroatoms. The van der Waals surface area contributed by atoms with Gasteiger partial charge in [-0.05, 0) is 42.2 Å². The van der Waals surface area contributed by atoms with Gasteiger partial charge < -0.3 is 13.7 Å². The van der Waals surface area contributed by atoms with Crippen molar-refractivity contribution in [3.8, 4) is 16.9 Å². The Kier molecular flexibility index (Phi) is 5.30. The van der Waals surface area contributed by atoms with E-state index in [1.807, 2.05) is 59.2 Å². The highest BCUT2D eigenvalue weighted by molar-refractivity contribution is 5.82. The van der Waals surface area contributed by atoms with E-state index >= 15 is 0 Å². The van der Waals surface area contributed by atoms with Gasteiger partial charge in [0.1, 0.15) is 17.9 Å². The van der Waals surface area contributed by atoms with Crippen LogP contribution in [0.15, 0.2) is 86.8 Å². The van der Waals surface area contributed by atoms with E-state index in [1.165, 1.54) is 0 Å². The summed E-state index contributed by atoms with van der Waals surface area (Å²) in [7, 11) is 0. The molecule has 0 saturated carbocycles. The van der Waals surface area contributed by atoms with Crippen LogP contribution < -0.4 is 15.9 Å². The maximum Gasteiger partial charge on any atom is 0.344 e. The van der Waals surface area contributed by atoms with Crippen LogP contribution in [0.5, 0.6) is 5.75 Å². The summed E-state index contributed by atoms with van der Waals surface area (Å²) in [5.74, 6) is 1.59. The molecule has 0 amide bonds. The second-order valence-corrected chi connectivity index (χ2v) is 9.32. The lowest BCUT2D eigenvalue weighted by Crippen LogP contribution is -2.48. The number of likely N-dealkylation sites (tertiary alicyclic amines) is 1.